The second-order valence-electron chi connectivity index (χ2n) is 4.23. The number of furan rings is 1. The molecular formula is C12H18N2O3. The molecule has 1 saturated heterocycles. The van der Waals surface area contributed by atoms with Crippen molar-refractivity contribution in [2.24, 2.45) is 0 Å². The van der Waals surface area contributed by atoms with Gasteiger partial charge in [-0.1, -0.05) is 0 Å². The van der Waals surface area contributed by atoms with Gasteiger partial charge in [0.05, 0.1) is 31.9 Å². The van der Waals surface area contributed by atoms with E-state index >= 15 is 0 Å². The Morgan fingerprint density at radius 1 is 1.65 bits per heavy atom. The lowest BCUT2D eigenvalue weighted by atomic mass is 10.2. The predicted octanol–water partition coefficient (Wildman–Crippen LogP) is 0.617. The van der Waals surface area contributed by atoms with Gasteiger partial charge in [-0.05, 0) is 12.1 Å². The highest BCUT2D eigenvalue weighted by Gasteiger charge is 2.20. The van der Waals surface area contributed by atoms with Crippen molar-refractivity contribution in [2.45, 2.75) is 19.1 Å². The highest BCUT2D eigenvalue weighted by Crippen LogP contribution is 2.08. The molecule has 5 nitrogen and oxygen atoms in total. The summed E-state index contributed by atoms with van der Waals surface area (Å²) in [5.74, 6) is 0.874. The van der Waals surface area contributed by atoms with Crippen LogP contribution in [0.1, 0.15) is 12.2 Å². The van der Waals surface area contributed by atoms with Crippen LogP contribution in [0.25, 0.3) is 0 Å². The van der Waals surface area contributed by atoms with Crippen LogP contribution >= 0.6 is 0 Å². The highest BCUT2D eigenvalue weighted by atomic mass is 16.5. The Labute approximate surface area is 101 Å². The SMILES string of the molecule is CN(Cc1ccco1)C(=O)CC1CNCCO1. The van der Waals surface area contributed by atoms with E-state index in [1.165, 1.54) is 0 Å². The Balaban J connectivity index is 1.78. The van der Waals surface area contributed by atoms with Crippen LogP contribution in [-0.2, 0) is 16.1 Å². The Kier molecular flexibility index (Phi) is 4.17. The van der Waals surface area contributed by atoms with Crippen molar-refractivity contribution in [3.05, 3.63) is 24.2 Å². The molecule has 1 N–H and O–H groups in total. The van der Waals surface area contributed by atoms with E-state index in [0.29, 0.717) is 19.6 Å². The lowest BCUT2D eigenvalue weighted by Crippen LogP contribution is -2.41. The second-order valence-corrected chi connectivity index (χ2v) is 4.23. The molecule has 0 aliphatic carbocycles. The summed E-state index contributed by atoms with van der Waals surface area (Å²) < 4.78 is 10.7. The van der Waals surface area contributed by atoms with Crippen molar-refractivity contribution in [2.75, 3.05) is 26.7 Å². The van der Waals surface area contributed by atoms with Gasteiger partial charge in [-0.15, -0.1) is 0 Å². The van der Waals surface area contributed by atoms with E-state index in [1.54, 1.807) is 18.2 Å². The molecule has 1 unspecified atom stereocenters. The van der Waals surface area contributed by atoms with Gasteiger partial charge in [0.2, 0.25) is 5.91 Å². The number of amides is 1. The maximum atomic E-state index is 11.9. The fraction of sp³-hybridized carbons (Fsp3) is 0.583. The van der Waals surface area contributed by atoms with E-state index in [1.807, 2.05) is 12.1 Å². The summed E-state index contributed by atoms with van der Waals surface area (Å²) in [4.78, 5) is 13.6. The number of carbonyl (C=O) groups is 1. The summed E-state index contributed by atoms with van der Waals surface area (Å²) in [6.45, 7) is 2.80. The molecule has 1 fully saturated rings. The summed E-state index contributed by atoms with van der Waals surface area (Å²) in [7, 11) is 1.78. The van der Waals surface area contributed by atoms with Gasteiger partial charge in [0, 0.05) is 20.1 Å². The Morgan fingerprint density at radius 2 is 2.53 bits per heavy atom. The van der Waals surface area contributed by atoms with Gasteiger partial charge in [0.25, 0.3) is 0 Å². The standard InChI is InChI=1S/C12H18N2O3/c1-14(9-10-3-2-5-16-10)12(15)7-11-8-13-4-6-17-11/h2-3,5,11,13H,4,6-9H2,1H3. The van der Waals surface area contributed by atoms with Gasteiger partial charge in [0.15, 0.2) is 0 Å². The Bertz CT molecular complexity index is 345. The molecule has 1 aliphatic heterocycles. The first-order valence-electron chi connectivity index (χ1n) is 5.84. The topological polar surface area (TPSA) is 54.7 Å². The maximum Gasteiger partial charge on any atom is 0.225 e. The third-order valence-corrected chi connectivity index (χ3v) is 2.81. The third kappa shape index (κ3) is 3.57. The zero-order valence-corrected chi connectivity index (χ0v) is 10.0. The Hall–Kier alpha value is -1.33. The van der Waals surface area contributed by atoms with Crippen molar-refractivity contribution < 1.29 is 13.9 Å². The van der Waals surface area contributed by atoms with Gasteiger partial charge < -0.3 is 19.4 Å². The number of carbonyl (C=O) groups excluding carboxylic acids is 1. The normalized spacial score (nSPS) is 20.2. The van der Waals surface area contributed by atoms with Gasteiger partial charge in [-0.25, -0.2) is 0 Å². The minimum absolute atomic E-state index is 0.00435. The number of ether oxygens (including phenoxy) is 1. The van der Waals surface area contributed by atoms with Crippen LogP contribution in [0.3, 0.4) is 0 Å². The van der Waals surface area contributed by atoms with E-state index in [4.69, 9.17) is 9.15 Å². The minimum atomic E-state index is -0.00435. The molecule has 2 heterocycles. The van der Waals surface area contributed by atoms with Crippen LogP contribution in [0, 0.1) is 0 Å². The summed E-state index contributed by atoms with van der Waals surface area (Å²) in [6, 6.07) is 3.68. The Morgan fingerprint density at radius 3 is 3.18 bits per heavy atom. The number of morpholine rings is 1. The summed E-state index contributed by atoms with van der Waals surface area (Å²) in [5.41, 5.74) is 0. The van der Waals surface area contributed by atoms with Crippen LogP contribution in [0.4, 0.5) is 0 Å². The molecule has 1 aromatic rings. The average molecular weight is 238 g/mol. The molecule has 0 saturated carbocycles. The number of hydrogen-bond acceptors (Lipinski definition) is 4. The van der Waals surface area contributed by atoms with E-state index in [-0.39, 0.29) is 12.0 Å². The molecular weight excluding hydrogens is 220 g/mol. The van der Waals surface area contributed by atoms with Crippen molar-refractivity contribution >= 4 is 5.91 Å². The van der Waals surface area contributed by atoms with Gasteiger partial charge >= 0.3 is 0 Å². The highest BCUT2D eigenvalue weighted by molar-refractivity contribution is 5.76. The van der Waals surface area contributed by atoms with Gasteiger partial charge in [-0.2, -0.15) is 0 Å². The number of rotatable bonds is 4. The van der Waals surface area contributed by atoms with E-state index in [2.05, 4.69) is 5.32 Å². The molecule has 1 aliphatic rings. The zero-order chi connectivity index (χ0) is 12.1. The fourth-order valence-electron chi connectivity index (χ4n) is 1.83. The van der Waals surface area contributed by atoms with E-state index in [9.17, 15) is 4.79 Å². The fourth-order valence-corrected chi connectivity index (χ4v) is 1.83. The van der Waals surface area contributed by atoms with Crippen LogP contribution in [0.5, 0.6) is 0 Å². The van der Waals surface area contributed by atoms with Gasteiger partial charge in [-0.3, -0.25) is 4.79 Å². The molecule has 1 atom stereocenters. The van der Waals surface area contributed by atoms with E-state index < -0.39 is 0 Å². The van der Waals surface area contributed by atoms with Crippen LogP contribution in [0.2, 0.25) is 0 Å². The summed E-state index contributed by atoms with van der Waals surface area (Å²) in [6.07, 6.45) is 2.03. The number of nitrogens with one attached hydrogen (secondary N) is 1. The zero-order valence-electron chi connectivity index (χ0n) is 10.0. The first kappa shape index (κ1) is 12.1. The second kappa shape index (κ2) is 5.84. The first-order valence-corrected chi connectivity index (χ1v) is 5.84. The monoisotopic (exact) mass is 238 g/mol. The average Bonchev–Trinajstić information content (AvgIpc) is 2.83. The third-order valence-electron chi connectivity index (χ3n) is 2.81. The molecule has 17 heavy (non-hydrogen) atoms. The van der Waals surface area contributed by atoms with Crippen molar-refractivity contribution in [1.29, 1.82) is 0 Å². The summed E-state index contributed by atoms with van der Waals surface area (Å²) in [5, 5.41) is 3.21. The summed E-state index contributed by atoms with van der Waals surface area (Å²) >= 11 is 0. The maximum absolute atomic E-state index is 11.9. The van der Waals surface area contributed by atoms with E-state index in [0.717, 1.165) is 18.8 Å². The van der Waals surface area contributed by atoms with Crippen molar-refractivity contribution in [3.63, 3.8) is 0 Å². The lowest BCUT2D eigenvalue weighted by Gasteiger charge is -2.25. The molecule has 1 aromatic heterocycles. The minimum Gasteiger partial charge on any atom is -0.467 e. The lowest BCUT2D eigenvalue weighted by molar-refractivity contribution is -0.134. The van der Waals surface area contributed by atoms with Crippen LogP contribution in [0.15, 0.2) is 22.8 Å². The van der Waals surface area contributed by atoms with Crippen LogP contribution in [-0.4, -0.2) is 43.7 Å². The molecule has 94 valence electrons. The molecule has 1 amide bonds. The first-order chi connectivity index (χ1) is 8.25. The predicted molar refractivity (Wildman–Crippen MR) is 62.4 cm³/mol. The molecule has 0 aromatic carbocycles. The van der Waals surface area contributed by atoms with Crippen molar-refractivity contribution in [3.8, 4) is 0 Å². The molecule has 5 heteroatoms. The van der Waals surface area contributed by atoms with Crippen molar-refractivity contribution in [1.82, 2.24) is 10.2 Å². The molecule has 0 radical (unpaired) electrons. The molecule has 0 bridgehead atoms. The van der Waals surface area contributed by atoms with Gasteiger partial charge in [0.1, 0.15) is 5.76 Å². The van der Waals surface area contributed by atoms with Crippen LogP contribution < -0.4 is 5.32 Å². The molecule has 2 rings (SSSR count). The smallest absolute Gasteiger partial charge is 0.225 e. The molecule has 0 spiro atoms. The largest absolute Gasteiger partial charge is 0.467 e. The number of hydrogen-bond donors (Lipinski definition) is 1. The quantitative estimate of drug-likeness (QED) is 0.835. The number of nitrogens with zero attached hydrogens (tertiary/aromatic N) is 1.